The van der Waals surface area contributed by atoms with Crippen LogP contribution in [0, 0.1) is 0 Å². The molecule has 1 aliphatic heterocycles. The number of amides is 1. The zero-order chi connectivity index (χ0) is 17.3. The van der Waals surface area contributed by atoms with Crippen LogP contribution in [0.2, 0.25) is 18.1 Å². The number of nitrogens with zero attached hydrogens (tertiary/aromatic N) is 1. The van der Waals surface area contributed by atoms with Gasteiger partial charge in [-0.05, 0) is 38.9 Å². The molecule has 0 radical (unpaired) electrons. The monoisotopic (exact) mass is 329 g/mol. The summed E-state index contributed by atoms with van der Waals surface area (Å²) in [5, 5.41) is 0.104. The van der Waals surface area contributed by atoms with Gasteiger partial charge in [0.25, 0.3) is 0 Å². The van der Waals surface area contributed by atoms with Crippen LogP contribution >= 0.6 is 0 Å². The first-order valence-corrected chi connectivity index (χ1v) is 10.8. The normalized spacial score (nSPS) is 20.5. The molecule has 1 aliphatic rings. The van der Waals surface area contributed by atoms with E-state index in [4.69, 9.17) is 9.16 Å². The lowest BCUT2D eigenvalue weighted by Gasteiger charge is -2.38. The molecule has 1 heterocycles. The minimum Gasteiger partial charge on any atom is -0.444 e. The summed E-state index contributed by atoms with van der Waals surface area (Å²) in [6.45, 7) is 16.9. The van der Waals surface area contributed by atoms with Crippen molar-refractivity contribution in [3.63, 3.8) is 0 Å². The van der Waals surface area contributed by atoms with Gasteiger partial charge in [0.1, 0.15) is 5.60 Å². The van der Waals surface area contributed by atoms with Crippen LogP contribution in [0.4, 0.5) is 4.79 Å². The number of hydrogen-bond acceptors (Lipinski definition) is 4. The van der Waals surface area contributed by atoms with Crippen molar-refractivity contribution >= 4 is 20.2 Å². The quantitative estimate of drug-likeness (QED) is 0.743. The Labute approximate surface area is 135 Å². The first-order chi connectivity index (χ1) is 9.73. The fraction of sp³-hybridized carbons (Fsp3) is 0.875. The summed E-state index contributed by atoms with van der Waals surface area (Å²) < 4.78 is 11.6. The Morgan fingerprint density at radius 2 is 1.77 bits per heavy atom. The van der Waals surface area contributed by atoms with E-state index in [2.05, 4.69) is 33.9 Å². The Hall–Kier alpha value is -0.883. The summed E-state index contributed by atoms with van der Waals surface area (Å²) in [7, 11) is -1.90. The van der Waals surface area contributed by atoms with E-state index in [0.717, 1.165) is 0 Å². The average molecular weight is 330 g/mol. The Bertz CT molecular complexity index is 434. The first-order valence-electron chi connectivity index (χ1n) is 7.88. The largest absolute Gasteiger partial charge is 0.444 e. The molecular weight excluding hydrogens is 298 g/mol. The van der Waals surface area contributed by atoms with Gasteiger partial charge in [0, 0.05) is 6.42 Å². The highest BCUT2D eigenvalue weighted by atomic mass is 28.4. The lowest BCUT2D eigenvalue weighted by Crippen LogP contribution is -2.46. The predicted octanol–water partition coefficient (Wildman–Crippen LogP) is 3.59. The summed E-state index contributed by atoms with van der Waals surface area (Å²) in [4.78, 5) is 25.5. The summed E-state index contributed by atoms with van der Waals surface area (Å²) >= 11 is 0. The molecule has 0 aromatic heterocycles. The van der Waals surface area contributed by atoms with Crippen molar-refractivity contribution in [1.29, 1.82) is 0 Å². The minimum atomic E-state index is -1.90. The summed E-state index contributed by atoms with van der Waals surface area (Å²) in [6.07, 6.45) is -0.0735. The zero-order valence-corrected chi connectivity index (χ0v) is 16.3. The lowest BCUT2D eigenvalue weighted by atomic mass is 10.2. The molecule has 1 rings (SSSR count). The van der Waals surface area contributed by atoms with Crippen LogP contribution in [0.15, 0.2) is 0 Å². The lowest BCUT2D eigenvalue weighted by molar-refractivity contribution is -0.117. The van der Waals surface area contributed by atoms with Gasteiger partial charge >= 0.3 is 6.09 Å². The molecule has 22 heavy (non-hydrogen) atoms. The van der Waals surface area contributed by atoms with Crippen molar-refractivity contribution in [1.82, 2.24) is 4.90 Å². The molecule has 1 saturated heterocycles. The van der Waals surface area contributed by atoms with E-state index in [1.165, 1.54) is 4.90 Å². The fourth-order valence-corrected chi connectivity index (χ4v) is 3.00. The van der Waals surface area contributed by atoms with Crippen molar-refractivity contribution in [2.45, 2.75) is 77.7 Å². The van der Waals surface area contributed by atoms with Gasteiger partial charge in [-0.3, -0.25) is 9.69 Å². The van der Waals surface area contributed by atoms with E-state index in [-0.39, 0.29) is 23.4 Å². The number of carbonyl (C=O) groups is 2. The van der Waals surface area contributed by atoms with Crippen molar-refractivity contribution in [2.24, 2.45) is 0 Å². The third-order valence-electron chi connectivity index (χ3n) is 4.32. The molecule has 5 nitrogen and oxygen atoms in total. The number of ketones is 1. The molecule has 0 unspecified atom stereocenters. The van der Waals surface area contributed by atoms with Gasteiger partial charge in [0.2, 0.25) is 0 Å². The maximum atomic E-state index is 12.2. The molecule has 1 amide bonds. The average Bonchev–Trinajstić information content (AvgIpc) is 2.64. The molecule has 0 aromatic rings. The van der Waals surface area contributed by atoms with Crippen molar-refractivity contribution in [3.8, 4) is 0 Å². The summed E-state index contributed by atoms with van der Waals surface area (Å²) in [5.41, 5.74) is -0.562. The Morgan fingerprint density at radius 1 is 1.23 bits per heavy atom. The molecule has 0 aliphatic carbocycles. The second kappa shape index (κ2) is 6.32. The predicted molar refractivity (Wildman–Crippen MR) is 89.5 cm³/mol. The van der Waals surface area contributed by atoms with Gasteiger partial charge in [-0.1, -0.05) is 20.8 Å². The molecular formula is C16H31NO4Si. The number of rotatable bonds is 3. The van der Waals surface area contributed by atoms with Crippen LogP contribution in [-0.4, -0.2) is 49.9 Å². The standard InChI is InChI=1S/C16H31NO4Si/c1-15(2,3)21-14(19)17-10-13(18)9-12(17)11-20-22(7,8)16(4,5)6/h12H,9-11H2,1-8H3/t12-/m1/s1. The maximum absolute atomic E-state index is 12.2. The van der Waals surface area contributed by atoms with Crippen molar-refractivity contribution in [3.05, 3.63) is 0 Å². The van der Waals surface area contributed by atoms with Gasteiger partial charge in [0.15, 0.2) is 14.1 Å². The number of hydrogen-bond donors (Lipinski definition) is 0. The van der Waals surface area contributed by atoms with E-state index in [0.29, 0.717) is 13.0 Å². The SMILES string of the molecule is CC(C)(C)OC(=O)N1CC(=O)C[C@@H]1CO[Si](C)(C)C(C)(C)C. The van der Waals surface area contributed by atoms with Crippen molar-refractivity contribution in [2.75, 3.05) is 13.2 Å². The van der Waals surface area contributed by atoms with Crippen LogP contribution in [0.3, 0.4) is 0 Å². The van der Waals surface area contributed by atoms with E-state index in [1.54, 1.807) is 0 Å². The maximum Gasteiger partial charge on any atom is 0.411 e. The van der Waals surface area contributed by atoms with Crippen LogP contribution in [0.5, 0.6) is 0 Å². The smallest absolute Gasteiger partial charge is 0.411 e. The molecule has 1 fully saturated rings. The number of Topliss-reactive ketones (excluding diaryl/α,β-unsaturated/α-hetero) is 1. The molecule has 128 valence electrons. The van der Waals surface area contributed by atoms with Crippen LogP contribution < -0.4 is 0 Å². The summed E-state index contributed by atoms with van der Waals surface area (Å²) in [6, 6.07) is -0.212. The number of carbonyl (C=O) groups excluding carboxylic acids is 2. The van der Waals surface area contributed by atoms with Crippen LogP contribution in [0.25, 0.3) is 0 Å². The van der Waals surface area contributed by atoms with Crippen molar-refractivity contribution < 1.29 is 18.8 Å². The summed E-state index contributed by atoms with van der Waals surface area (Å²) in [5.74, 6) is 0.0645. The van der Waals surface area contributed by atoms with Gasteiger partial charge in [-0.2, -0.15) is 0 Å². The van der Waals surface area contributed by atoms with E-state index in [1.807, 2.05) is 20.8 Å². The molecule has 0 saturated carbocycles. The second-order valence-electron chi connectivity index (χ2n) is 8.58. The highest BCUT2D eigenvalue weighted by Gasteiger charge is 2.41. The molecule has 6 heteroatoms. The highest BCUT2D eigenvalue weighted by Crippen LogP contribution is 2.37. The number of ether oxygens (including phenoxy) is 1. The fourth-order valence-electron chi connectivity index (χ4n) is 1.96. The van der Waals surface area contributed by atoms with E-state index >= 15 is 0 Å². The van der Waals surface area contributed by atoms with Gasteiger partial charge in [-0.25, -0.2) is 4.79 Å². The van der Waals surface area contributed by atoms with Gasteiger partial charge < -0.3 is 9.16 Å². The topological polar surface area (TPSA) is 55.8 Å². The Kier molecular flexibility index (Phi) is 5.50. The highest BCUT2D eigenvalue weighted by molar-refractivity contribution is 6.74. The molecule has 0 spiro atoms. The van der Waals surface area contributed by atoms with E-state index in [9.17, 15) is 9.59 Å². The Morgan fingerprint density at radius 3 is 2.23 bits per heavy atom. The van der Waals surface area contributed by atoms with E-state index < -0.39 is 20.0 Å². The third kappa shape index (κ3) is 5.09. The molecule has 1 atom stereocenters. The van der Waals surface area contributed by atoms with Gasteiger partial charge in [-0.15, -0.1) is 0 Å². The number of likely N-dealkylation sites (tertiary alicyclic amines) is 1. The first kappa shape index (κ1) is 19.2. The van der Waals surface area contributed by atoms with Gasteiger partial charge in [0.05, 0.1) is 19.2 Å². The van der Waals surface area contributed by atoms with Crippen LogP contribution in [0.1, 0.15) is 48.0 Å². The zero-order valence-electron chi connectivity index (χ0n) is 15.3. The minimum absolute atomic E-state index is 0.0645. The molecule has 0 aromatic carbocycles. The Balaban J connectivity index is 2.72. The second-order valence-corrected chi connectivity index (χ2v) is 13.4. The molecule has 0 bridgehead atoms. The molecule has 0 N–H and O–H groups in total. The third-order valence-corrected chi connectivity index (χ3v) is 8.82. The van der Waals surface area contributed by atoms with Crippen LogP contribution in [-0.2, 0) is 14.0 Å².